The molecule has 1 fully saturated rings. The molecule has 0 amide bonds. The van der Waals surface area contributed by atoms with E-state index in [9.17, 15) is 4.79 Å². The smallest absolute Gasteiger partial charge is 0.170 e. The zero-order valence-electron chi connectivity index (χ0n) is 10.2. The highest BCUT2D eigenvalue weighted by Crippen LogP contribution is 2.18. The molecular formula is C14H17ClO3. The van der Waals surface area contributed by atoms with Gasteiger partial charge in [0.05, 0.1) is 6.10 Å². The lowest BCUT2D eigenvalue weighted by molar-refractivity contribution is -0.121. The Morgan fingerprint density at radius 3 is 3.11 bits per heavy atom. The van der Waals surface area contributed by atoms with Gasteiger partial charge in [-0.25, -0.2) is 0 Å². The maximum Gasteiger partial charge on any atom is 0.170 e. The molecule has 0 radical (unpaired) electrons. The van der Waals surface area contributed by atoms with Crippen molar-refractivity contribution in [2.24, 2.45) is 0 Å². The van der Waals surface area contributed by atoms with Crippen molar-refractivity contribution < 1.29 is 14.3 Å². The third-order valence-electron chi connectivity index (χ3n) is 2.97. The van der Waals surface area contributed by atoms with Crippen molar-refractivity contribution in [3.05, 3.63) is 29.3 Å². The van der Waals surface area contributed by atoms with Gasteiger partial charge in [0, 0.05) is 18.1 Å². The van der Waals surface area contributed by atoms with E-state index in [1.54, 1.807) is 24.3 Å². The Morgan fingerprint density at radius 1 is 1.50 bits per heavy atom. The molecule has 3 nitrogen and oxygen atoms in total. The van der Waals surface area contributed by atoms with E-state index in [1.165, 1.54) is 0 Å². The van der Waals surface area contributed by atoms with E-state index in [1.807, 2.05) is 0 Å². The average Bonchev–Trinajstić information content (AvgIpc) is 2.87. The van der Waals surface area contributed by atoms with Crippen LogP contribution in [0.15, 0.2) is 24.3 Å². The van der Waals surface area contributed by atoms with E-state index < -0.39 is 0 Å². The van der Waals surface area contributed by atoms with Gasteiger partial charge in [-0.15, -0.1) is 0 Å². The fraction of sp³-hybridized carbons (Fsp3) is 0.500. The fourth-order valence-electron chi connectivity index (χ4n) is 1.99. The van der Waals surface area contributed by atoms with Crippen LogP contribution in [0.3, 0.4) is 0 Å². The first kappa shape index (κ1) is 13.4. The van der Waals surface area contributed by atoms with Crippen LogP contribution in [0.25, 0.3) is 0 Å². The molecule has 1 saturated heterocycles. The number of rotatable bonds is 6. The van der Waals surface area contributed by atoms with Gasteiger partial charge in [-0.3, -0.25) is 4.79 Å². The number of ketones is 1. The van der Waals surface area contributed by atoms with Crippen molar-refractivity contribution in [3.8, 4) is 5.75 Å². The number of ether oxygens (including phenoxy) is 2. The summed E-state index contributed by atoms with van der Waals surface area (Å²) in [7, 11) is 0. The fourth-order valence-corrected chi connectivity index (χ4v) is 2.17. The summed E-state index contributed by atoms with van der Waals surface area (Å²) in [6.45, 7) is 0.935. The van der Waals surface area contributed by atoms with Gasteiger partial charge in [0.2, 0.25) is 0 Å². The second-order valence-corrected chi connectivity index (χ2v) is 4.89. The maximum atomic E-state index is 11.6. The number of halogens is 1. The van der Waals surface area contributed by atoms with E-state index in [0.29, 0.717) is 17.2 Å². The van der Waals surface area contributed by atoms with Crippen LogP contribution in [0.5, 0.6) is 5.75 Å². The Hall–Kier alpha value is -1.06. The van der Waals surface area contributed by atoms with Gasteiger partial charge in [0.15, 0.2) is 5.78 Å². The Labute approximate surface area is 112 Å². The number of carbonyl (C=O) groups excluding carboxylic acids is 1. The molecule has 1 unspecified atom stereocenters. The zero-order chi connectivity index (χ0) is 12.8. The number of hydrogen-bond acceptors (Lipinski definition) is 3. The average molecular weight is 269 g/mol. The summed E-state index contributed by atoms with van der Waals surface area (Å²) in [6.07, 6.45) is 3.77. The van der Waals surface area contributed by atoms with Gasteiger partial charge < -0.3 is 9.47 Å². The first-order chi connectivity index (χ1) is 8.74. The molecule has 0 aromatic heterocycles. The van der Waals surface area contributed by atoms with Crippen LogP contribution in [0.2, 0.25) is 5.02 Å². The zero-order valence-corrected chi connectivity index (χ0v) is 11.0. The van der Waals surface area contributed by atoms with Gasteiger partial charge in [-0.2, -0.15) is 0 Å². The normalized spacial score (nSPS) is 18.8. The second kappa shape index (κ2) is 6.76. The summed E-state index contributed by atoms with van der Waals surface area (Å²) >= 11 is 5.83. The lowest BCUT2D eigenvalue weighted by Gasteiger charge is -2.09. The number of benzene rings is 1. The van der Waals surface area contributed by atoms with Crippen LogP contribution >= 0.6 is 11.6 Å². The van der Waals surface area contributed by atoms with Gasteiger partial charge in [-0.1, -0.05) is 17.7 Å². The third kappa shape index (κ3) is 4.31. The van der Waals surface area contributed by atoms with Crippen LogP contribution in [-0.2, 0) is 9.53 Å². The minimum atomic E-state index is 0.102. The van der Waals surface area contributed by atoms with Gasteiger partial charge in [0.1, 0.15) is 12.4 Å². The quantitative estimate of drug-likeness (QED) is 0.794. The molecule has 0 spiro atoms. The molecule has 0 bridgehead atoms. The Balaban J connectivity index is 1.68. The maximum absolute atomic E-state index is 11.6. The van der Waals surface area contributed by atoms with Gasteiger partial charge >= 0.3 is 0 Å². The molecule has 98 valence electrons. The lowest BCUT2D eigenvalue weighted by Crippen LogP contribution is -2.14. The highest BCUT2D eigenvalue weighted by molar-refractivity contribution is 6.30. The molecule has 0 N–H and O–H groups in total. The molecule has 1 aromatic rings. The number of carbonyl (C=O) groups is 1. The molecule has 18 heavy (non-hydrogen) atoms. The molecule has 4 heteroatoms. The van der Waals surface area contributed by atoms with Gasteiger partial charge in [-0.05, 0) is 37.5 Å². The summed E-state index contributed by atoms with van der Waals surface area (Å²) in [5.41, 5.74) is 0. The Bertz CT molecular complexity index is 400. The summed E-state index contributed by atoms with van der Waals surface area (Å²) in [6, 6.07) is 7.07. The van der Waals surface area contributed by atoms with Crippen LogP contribution in [-0.4, -0.2) is 25.1 Å². The van der Waals surface area contributed by atoms with Crippen molar-refractivity contribution >= 4 is 17.4 Å². The standard InChI is InChI=1S/C14H17ClO3/c15-11-3-1-4-14(9-11)18-10-12(16)6-7-13-5-2-8-17-13/h1,3-4,9,13H,2,5-8,10H2. The molecule has 0 saturated carbocycles. The molecule has 1 aromatic carbocycles. The molecule has 1 aliphatic rings. The summed E-state index contributed by atoms with van der Waals surface area (Å²) in [5, 5.41) is 0.610. The van der Waals surface area contributed by atoms with Crippen molar-refractivity contribution in [1.29, 1.82) is 0 Å². The molecular weight excluding hydrogens is 252 g/mol. The summed E-state index contributed by atoms with van der Waals surface area (Å²) in [4.78, 5) is 11.6. The predicted molar refractivity (Wildman–Crippen MR) is 70.2 cm³/mol. The van der Waals surface area contributed by atoms with E-state index in [2.05, 4.69) is 0 Å². The molecule has 1 aliphatic heterocycles. The second-order valence-electron chi connectivity index (χ2n) is 4.46. The topological polar surface area (TPSA) is 35.5 Å². The van der Waals surface area contributed by atoms with Gasteiger partial charge in [0.25, 0.3) is 0 Å². The molecule has 1 atom stereocenters. The number of Topliss-reactive ketones (excluding diaryl/α,β-unsaturated/α-hetero) is 1. The number of hydrogen-bond donors (Lipinski definition) is 0. The largest absolute Gasteiger partial charge is 0.486 e. The first-order valence-corrected chi connectivity index (χ1v) is 6.63. The predicted octanol–water partition coefficient (Wildman–Crippen LogP) is 3.25. The Morgan fingerprint density at radius 2 is 2.39 bits per heavy atom. The first-order valence-electron chi connectivity index (χ1n) is 6.26. The third-order valence-corrected chi connectivity index (χ3v) is 3.20. The molecule has 1 heterocycles. The highest BCUT2D eigenvalue weighted by Gasteiger charge is 2.16. The van der Waals surface area contributed by atoms with Crippen LogP contribution < -0.4 is 4.74 Å². The van der Waals surface area contributed by atoms with Crippen LogP contribution in [0.1, 0.15) is 25.7 Å². The molecule has 0 aliphatic carbocycles. The van der Waals surface area contributed by atoms with E-state index in [0.717, 1.165) is 25.9 Å². The Kier molecular flexibility index (Phi) is 5.02. The van der Waals surface area contributed by atoms with Crippen molar-refractivity contribution in [3.63, 3.8) is 0 Å². The van der Waals surface area contributed by atoms with Crippen molar-refractivity contribution in [2.75, 3.05) is 13.2 Å². The highest BCUT2D eigenvalue weighted by atomic mass is 35.5. The minimum Gasteiger partial charge on any atom is -0.486 e. The van der Waals surface area contributed by atoms with Crippen LogP contribution in [0.4, 0.5) is 0 Å². The van der Waals surface area contributed by atoms with E-state index in [4.69, 9.17) is 21.1 Å². The summed E-state index contributed by atoms with van der Waals surface area (Å²) < 4.78 is 10.9. The lowest BCUT2D eigenvalue weighted by atomic mass is 10.1. The monoisotopic (exact) mass is 268 g/mol. The van der Waals surface area contributed by atoms with E-state index >= 15 is 0 Å². The van der Waals surface area contributed by atoms with Crippen molar-refractivity contribution in [1.82, 2.24) is 0 Å². The molecule has 2 rings (SSSR count). The van der Waals surface area contributed by atoms with Crippen LogP contribution in [0, 0.1) is 0 Å². The minimum absolute atomic E-state index is 0.102. The van der Waals surface area contributed by atoms with Crippen molar-refractivity contribution in [2.45, 2.75) is 31.8 Å². The van der Waals surface area contributed by atoms with E-state index in [-0.39, 0.29) is 18.5 Å². The summed E-state index contributed by atoms with van der Waals surface area (Å²) in [5.74, 6) is 0.735. The SMILES string of the molecule is O=C(CCC1CCCO1)COc1cccc(Cl)c1.